The molecule has 26 heavy (non-hydrogen) atoms. The van der Waals surface area contributed by atoms with Crippen molar-refractivity contribution in [3.63, 3.8) is 0 Å². The quantitative estimate of drug-likeness (QED) is 0.708. The number of aromatic nitrogens is 1. The van der Waals surface area contributed by atoms with Crippen LogP contribution in [-0.2, 0) is 10.2 Å². The van der Waals surface area contributed by atoms with Gasteiger partial charge in [0.2, 0.25) is 11.7 Å². The van der Waals surface area contributed by atoms with Gasteiger partial charge in [-0.15, -0.1) is 11.3 Å². The summed E-state index contributed by atoms with van der Waals surface area (Å²) in [6, 6.07) is 3.40. The van der Waals surface area contributed by atoms with E-state index in [9.17, 15) is 4.79 Å². The van der Waals surface area contributed by atoms with Gasteiger partial charge in [0.1, 0.15) is 0 Å². The van der Waals surface area contributed by atoms with Crippen LogP contribution in [0.5, 0.6) is 17.2 Å². The van der Waals surface area contributed by atoms with Gasteiger partial charge in [-0.1, -0.05) is 32.5 Å². The average molecular weight is 397 g/mol. The maximum atomic E-state index is 12.3. The summed E-state index contributed by atoms with van der Waals surface area (Å²) in [4.78, 5) is 16.9. The fourth-order valence-corrected chi connectivity index (χ4v) is 4.00. The number of rotatable bonds is 7. The van der Waals surface area contributed by atoms with Crippen LogP contribution in [0.2, 0.25) is 0 Å². The highest BCUT2D eigenvalue weighted by Gasteiger charge is 2.18. The molecule has 1 heterocycles. The summed E-state index contributed by atoms with van der Waals surface area (Å²) in [5.74, 6) is 1.61. The lowest BCUT2D eigenvalue weighted by molar-refractivity contribution is -0.113. The van der Waals surface area contributed by atoms with Crippen molar-refractivity contribution in [2.75, 3.05) is 32.4 Å². The molecule has 0 aliphatic rings. The van der Waals surface area contributed by atoms with Crippen LogP contribution in [0.15, 0.2) is 21.9 Å². The molecular weight excluding hydrogens is 372 g/mol. The number of amides is 1. The van der Waals surface area contributed by atoms with E-state index in [2.05, 4.69) is 31.1 Å². The Bertz CT molecular complexity index is 744. The molecule has 2 rings (SSSR count). The normalized spacial score (nSPS) is 11.2. The van der Waals surface area contributed by atoms with Crippen LogP contribution in [-0.4, -0.2) is 38.0 Å². The number of thiazole rings is 1. The van der Waals surface area contributed by atoms with Crippen molar-refractivity contribution in [1.82, 2.24) is 4.98 Å². The smallest absolute Gasteiger partial charge is 0.234 e. The molecule has 0 saturated heterocycles. The Morgan fingerprint density at radius 2 is 1.77 bits per heavy atom. The minimum atomic E-state index is -0.128. The first kappa shape index (κ1) is 20.4. The van der Waals surface area contributed by atoms with Crippen molar-refractivity contribution in [3.05, 3.63) is 23.2 Å². The number of benzene rings is 1. The molecule has 0 aliphatic carbocycles. The topological polar surface area (TPSA) is 69.7 Å². The van der Waals surface area contributed by atoms with E-state index in [0.717, 1.165) is 10.0 Å². The Kier molecular flexibility index (Phi) is 6.77. The zero-order valence-corrected chi connectivity index (χ0v) is 17.5. The third-order valence-corrected chi connectivity index (χ3v) is 5.55. The SMILES string of the molecule is COc1cc(NC(=O)CSc2nc(C(C)(C)C)cs2)cc(OC)c1OC. The second-order valence-electron chi connectivity index (χ2n) is 6.50. The number of carbonyl (C=O) groups excluding carboxylic acids is 1. The zero-order valence-electron chi connectivity index (χ0n) is 15.8. The van der Waals surface area contributed by atoms with E-state index in [1.165, 1.54) is 33.1 Å². The summed E-state index contributed by atoms with van der Waals surface area (Å²) in [6.45, 7) is 6.36. The number of ether oxygens (including phenoxy) is 3. The fourth-order valence-electron chi connectivity index (χ4n) is 2.15. The molecule has 1 aromatic heterocycles. The number of carbonyl (C=O) groups is 1. The van der Waals surface area contributed by atoms with Gasteiger partial charge < -0.3 is 19.5 Å². The van der Waals surface area contributed by atoms with Crippen LogP contribution < -0.4 is 19.5 Å². The van der Waals surface area contributed by atoms with Gasteiger partial charge in [-0.05, 0) is 0 Å². The van der Waals surface area contributed by atoms with Gasteiger partial charge in [0.25, 0.3) is 0 Å². The number of hydrogen-bond acceptors (Lipinski definition) is 7. The second kappa shape index (κ2) is 8.64. The first-order chi connectivity index (χ1) is 12.3. The Labute approximate surface area is 162 Å². The van der Waals surface area contributed by atoms with Gasteiger partial charge in [0.05, 0.1) is 32.8 Å². The zero-order chi connectivity index (χ0) is 19.3. The summed E-state index contributed by atoms with van der Waals surface area (Å²) < 4.78 is 16.8. The van der Waals surface area contributed by atoms with Gasteiger partial charge in [-0.2, -0.15) is 0 Å². The lowest BCUT2D eigenvalue weighted by Gasteiger charge is -2.14. The Balaban J connectivity index is 2.02. The third kappa shape index (κ3) is 5.04. The molecule has 6 nitrogen and oxygen atoms in total. The first-order valence-electron chi connectivity index (χ1n) is 7.97. The minimum Gasteiger partial charge on any atom is -0.493 e. The molecule has 1 N–H and O–H groups in total. The van der Waals surface area contributed by atoms with Crippen molar-refractivity contribution in [3.8, 4) is 17.2 Å². The van der Waals surface area contributed by atoms with E-state index < -0.39 is 0 Å². The van der Waals surface area contributed by atoms with Crippen LogP contribution in [0.25, 0.3) is 0 Å². The predicted octanol–water partition coefficient (Wildman–Crippen LogP) is 4.20. The molecular formula is C18H24N2O4S2. The molecule has 8 heteroatoms. The van der Waals surface area contributed by atoms with Gasteiger partial charge in [0, 0.05) is 28.6 Å². The summed E-state index contributed by atoms with van der Waals surface area (Å²) in [7, 11) is 4.61. The molecule has 0 saturated carbocycles. The molecule has 142 valence electrons. The molecule has 0 fully saturated rings. The molecule has 1 amide bonds. The van der Waals surface area contributed by atoms with Gasteiger partial charge >= 0.3 is 0 Å². The van der Waals surface area contributed by atoms with Crippen LogP contribution >= 0.6 is 23.1 Å². The van der Waals surface area contributed by atoms with E-state index >= 15 is 0 Å². The summed E-state index contributed by atoms with van der Waals surface area (Å²) >= 11 is 2.98. The first-order valence-corrected chi connectivity index (χ1v) is 9.83. The van der Waals surface area contributed by atoms with Crippen LogP contribution in [0.3, 0.4) is 0 Å². The van der Waals surface area contributed by atoms with Crippen molar-refractivity contribution in [2.45, 2.75) is 30.5 Å². The molecule has 0 aliphatic heterocycles. The number of hydrogen-bond donors (Lipinski definition) is 1. The fraction of sp³-hybridized carbons (Fsp3) is 0.444. The van der Waals surface area contributed by atoms with Crippen molar-refractivity contribution < 1.29 is 19.0 Å². The number of thioether (sulfide) groups is 1. The Morgan fingerprint density at radius 1 is 1.15 bits per heavy atom. The van der Waals surface area contributed by atoms with Crippen LogP contribution in [0, 0.1) is 0 Å². The minimum absolute atomic E-state index is 0.00771. The number of nitrogens with zero attached hydrogens (tertiary/aromatic N) is 1. The number of nitrogens with one attached hydrogen (secondary N) is 1. The van der Waals surface area contributed by atoms with E-state index in [1.54, 1.807) is 23.5 Å². The largest absolute Gasteiger partial charge is 0.493 e. The summed E-state index contributed by atoms with van der Waals surface area (Å²) in [6.07, 6.45) is 0. The highest BCUT2D eigenvalue weighted by atomic mass is 32.2. The molecule has 2 aromatic rings. The maximum absolute atomic E-state index is 12.3. The van der Waals surface area contributed by atoms with Crippen LogP contribution in [0.4, 0.5) is 5.69 Å². The predicted molar refractivity (Wildman–Crippen MR) is 106 cm³/mol. The van der Waals surface area contributed by atoms with Gasteiger partial charge in [-0.25, -0.2) is 4.98 Å². The van der Waals surface area contributed by atoms with Crippen LogP contribution in [0.1, 0.15) is 26.5 Å². The van der Waals surface area contributed by atoms with Crippen molar-refractivity contribution >= 4 is 34.7 Å². The Morgan fingerprint density at radius 3 is 2.23 bits per heavy atom. The highest BCUT2D eigenvalue weighted by molar-refractivity contribution is 8.01. The lowest BCUT2D eigenvalue weighted by atomic mass is 9.93. The maximum Gasteiger partial charge on any atom is 0.234 e. The van der Waals surface area contributed by atoms with E-state index in [-0.39, 0.29) is 17.1 Å². The second-order valence-corrected chi connectivity index (χ2v) is 8.58. The third-order valence-electron chi connectivity index (χ3n) is 3.53. The standard InChI is InChI=1S/C18H24N2O4S2/c1-18(2,3)14-9-25-17(20-14)26-10-15(21)19-11-7-12(22-4)16(24-6)13(8-11)23-5/h7-9H,10H2,1-6H3,(H,19,21). The van der Waals surface area contributed by atoms with Crippen molar-refractivity contribution in [2.24, 2.45) is 0 Å². The van der Waals surface area contributed by atoms with E-state index in [1.807, 2.05) is 5.38 Å². The highest BCUT2D eigenvalue weighted by Crippen LogP contribution is 2.40. The lowest BCUT2D eigenvalue weighted by Crippen LogP contribution is -2.14. The average Bonchev–Trinajstić information content (AvgIpc) is 3.08. The molecule has 0 unspecified atom stereocenters. The van der Waals surface area contributed by atoms with Gasteiger partial charge in [-0.3, -0.25) is 4.79 Å². The monoisotopic (exact) mass is 396 g/mol. The number of methoxy groups -OCH3 is 3. The van der Waals surface area contributed by atoms with E-state index in [4.69, 9.17) is 14.2 Å². The summed E-state index contributed by atoms with van der Waals surface area (Å²) in [5.41, 5.74) is 1.63. The molecule has 0 atom stereocenters. The number of anilines is 1. The molecule has 0 spiro atoms. The summed E-state index contributed by atoms with van der Waals surface area (Å²) in [5, 5.41) is 4.89. The molecule has 0 bridgehead atoms. The van der Waals surface area contributed by atoms with E-state index in [0.29, 0.717) is 22.9 Å². The van der Waals surface area contributed by atoms with Gasteiger partial charge in [0.15, 0.2) is 15.8 Å². The Hall–Kier alpha value is -1.93. The van der Waals surface area contributed by atoms with Crippen molar-refractivity contribution in [1.29, 1.82) is 0 Å². The molecule has 1 aromatic carbocycles. The molecule has 0 radical (unpaired) electrons.